The zero-order valence-corrected chi connectivity index (χ0v) is 21.1. The summed E-state index contributed by atoms with van der Waals surface area (Å²) in [6.07, 6.45) is -6.08. The van der Waals surface area contributed by atoms with Crippen LogP contribution in [-0.2, 0) is 11.0 Å². The highest BCUT2D eigenvalue weighted by molar-refractivity contribution is 6.31. The highest BCUT2D eigenvalue weighted by atomic mass is 35.5. The molecule has 38 heavy (non-hydrogen) atoms. The fraction of sp³-hybridized carbons (Fsp3) is 0.185. The Morgan fingerprint density at radius 2 is 1.71 bits per heavy atom. The molecule has 0 spiro atoms. The van der Waals surface area contributed by atoms with E-state index in [0.29, 0.717) is 17.1 Å². The minimum absolute atomic E-state index is 0.0267. The van der Waals surface area contributed by atoms with Crippen molar-refractivity contribution in [2.24, 2.45) is 0 Å². The van der Waals surface area contributed by atoms with Gasteiger partial charge >= 0.3 is 6.18 Å². The molecule has 1 unspecified atom stereocenters. The second kappa shape index (κ2) is 10.7. The largest absolute Gasteiger partial charge is 0.493 e. The zero-order valence-electron chi connectivity index (χ0n) is 20.3. The van der Waals surface area contributed by atoms with Gasteiger partial charge in [0.1, 0.15) is 5.58 Å². The first-order valence-corrected chi connectivity index (χ1v) is 11.5. The van der Waals surface area contributed by atoms with E-state index in [4.69, 9.17) is 30.2 Å². The number of para-hydroxylation sites is 1. The van der Waals surface area contributed by atoms with Gasteiger partial charge < -0.3 is 23.9 Å². The van der Waals surface area contributed by atoms with Crippen LogP contribution in [0.4, 0.5) is 18.9 Å². The van der Waals surface area contributed by atoms with Gasteiger partial charge in [0.2, 0.25) is 11.2 Å². The molecule has 1 amide bonds. The number of fused-ring (bicyclic) bond motifs is 1. The van der Waals surface area contributed by atoms with Crippen LogP contribution in [0.1, 0.15) is 12.5 Å². The summed E-state index contributed by atoms with van der Waals surface area (Å²) in [6, 6.07) is 13.7. The van der Waals surface area contributed by atoms with Crippen molar-refractivity contribution in [1.82, 2.24) is 0 Å². The van der Waals surface area contributed by atoms with Crippen LogP contribution >= 0.6 is 11.6 Å². The van der Waals surface area contributed by atoms with Gasteiger partial charge in [0.25, 0.3) is 5.91 Å². The third kappa shape index (κ3) is 5.40. The van der Waals surface area contributed by atoms with Crippen LogP contribution in [0.15, 0.2) is 69.9 Å². The summed E-state index contributed by atoms with van der Waals surface area (Å²) in [5.41, 5.74) is -1.53. The van der Waals surface area contributed by atoms with Gasteiger partial charge in [0, 0.05) is 10.6 Å². The second-order valence-corrected chi connectivity index (χ2v) is 8.53. The van der Waals surface area contributed by atoms with E-state index in [1.807, 2.05) is 0 Å². The molecular formula is C27H21ClF3NO6. The van der Waals surface area contributed by atoms with E-state index in [1.165, 1.54) is 45.4 Å². The van der Waals surface area contributed by atoms with E-state index >= 15 is 0 Å². The lowest BCUT2D eigenvalue weighted by atomic mass is 10.1. The Morgan fingerprint density at radius 1 is 1.00 bits per heavy atom. The molecule has 0 aliphatic heterocycles. The number of rotatable bonds is 7. The van der Waals surface area contributed by atoms with Crippen LogP contribution in [0.5, 0.6) is 17.2 Å². The summed E-state index contributed by atoms with van der Waals surface area (Å²) >= 11 is 6.06. The Hall–Kier alpha value is -4.18. The number of ether oxygens (including phenoxy) is 3. The normalized spacial score (nSPS) is 12.2. The number of hydrogen-bond acceptors (Lipinski definition) is 6. The van der Waals surface area contributed by atoms with Gasteiger partial charge in [-0.05, 0) is 55.5 Å². The van der Waals surface area contributed by atoms with Crippen LogP contribution < -0.4 is 25.0 Å². The maximum Gasteiger partial charge on any atom is 0.418 e. The zero-order chi connectivity index (χ0) is 27.6. The van der Waals surface area contributed by atoms with Gasteiger partial charge in [-0.25, -0.2) is 0 Å². The maximum absolute atomic E-state index is 13.5. The smallest absolute Gasteiger partial charge is 0.418 e. The highest BCUT2D eigenvalue weighted by Crippen LogP contribution is 2.38. The van der Waals surface area contributed by atoms with Gasteiger partial charge in [-0.2, -0.15) is 13.2 Å². The monoisotopic (exact) mass is 547 g/mol. The average molecular weight is 548 g/mol. The summed E-state index contributed by atoms with van der Waals surface area (Å²) in [6.45, 7) is 1.30. The number of methoxy groups -OCH3 is 2. The highest BCUT2D eigenvalue weighted by Gasteiger charge is 2.34. The number of alkyl halides is 3. The molecule has 0 aliphatic carbocycles. The first-order valence-electron chi connectivity index (χ1n) is 11.2. The number of benzene rings is 3. The van der Waals surface area contributed by atoms with E-state index in [0.717, 1.165) is 12.1 Å². The SMILES string of the molecule is COc1ccc(-c2oc3ccc(Cl)cc3c(=O)c2OC(C)C(=O)Nc2ccccc2C(F)(F)F)cc1OC. The molecule has 0 bridgehead atoms. The summed E-state index contributed by atoms with van der Waals surface area (Å²) in [5.74, 6) is -0.514. The van der Waals surface area contributed by atoms with E-state index in [2.05, 4.69) is 5.32 Å². The Balaban J connectivity index is 1.77. The van der Waals surface area contributed by atoms with Crippen molar-refractivity contribution in [1.29, 1.82) is 0 Å². The van der Waals surface area contributed by atoms with Gasteiger partial charge in [-0.3, -0.25) is 9.59 Å². The van der Waals surface area contributed by atoms with E-state index in [9.17, 15) is 22.8 Å². The number of anilines is 1. The molecule has 1 heterocycles. The molecule has 7 nitrogen and oxygen atoms in total. The van der Waals surface area contributed by atoms with Crippen molar-refractivity contribution in [2.75, 3.05) is 19.5 Å². The third-order valence-electron chi connectivity index (χ3n) is 5.61. The molecule has 1 atom stereocenters. The van der Waals surface area contributed by atoms with Crippen LogP contribution in [0.25, 0.3) is 22.3 Å². The molecule has 198 valence electrons. The summed E-state index contributed by atoms with van der Waals surface area (Å²) in [7, 11) is 2.89. The van der Waals surface area contributed by atoms with Crippen molar-refractivity contribution in [2.45, 2.75) is 19.2 Å². The molecule has 11 heteroatoms. The molecule has 0 aliphatic rings. The van der Waals surface area contributed by atoms with Crippen molar-refractivity contribution in [3.8, 4) is 28.6 Å². The second-order valence-electron chi connectivity index (χ2n) is 8.09. The minimum atomic E-state index is -4.69. The maximum atomic E-state index is 13.5. The van der Waals surface area contributed by atoms with E-state index in [-0.39, 0.29) is 27.5 Å². The van der Waals surface area contributed by atoms with Crippen molar-refractivity contribution in [3.63, 3.8) is 0 Å². The summed E-state index contributed by atoms with van der Waals surface area (Å²) in [5, 5.41) is 2.58. The van der Waals surface area contributed by atoms with Crippen molar-refractivity contribution in [3.05, 3.63) is 81.5 Å². The Kier molecular flexibility index (Phi) is 7.54. The van der Waals surface area contributed by atoms with Crippen LogP contribution in [-0.4, -0.2) is 26.2 Å². The van der Waals surface area contributed by atoms with Crippen molar-refractivity contribution < 1.29 is 36.6 Å². The molecule has 0 fully saturated rings. The summed E-state index contributed by atoms with van der Waals surface area (Å²) < 4.78 is 62.4. The van der Waals surface area contributed by atoms with E-state index in [1.54, 1.807) is 24.3 Å². The Bertz CT molecular complexity index is 1570. The molecule has 4 aromatic rings. The molecule has 1 N–H and O–H groups in total. The minimum Gasteiger partial charge on any atom is -0.493 e. The Labute approximate surface area is 219 Å². The number of amides is 1. The third-order valence-corrected chi connectivity index (χ3v) is 5.85. The average Bonchev–Trinajstić information content (AvgIpc) is 2.89. The fourth-order valence-corrected chi connectivity index (χ4v) is 3.90. The van der Waals surface area contributed by atoms with Gasteiger partial charge in [-0.1, -0.05) is 23.7 Å². The number of carbonyl (C=O) groups is 1. The lowest BCUT2D eigenvalue weighted by Gasteiger charge is -2.19. The molecular weight excluding hydrogens is 527 g/mol. The fourth-order valence-electron chi connectivity index (χ4n) is 3.73. The number of carbonyl (C=O) groups excluding carboxylic acids is 1. The van der Waals surface area contributed by atoms with Crippen LogP contribution in [0.3, 0.4) is 0 Å². The predicted molar refractivity (Wildman–Crippen MR) is 136 cm³/mol. The van der Waals surface area contributed by atoms with Crippen molar-refractivity contribution >= 4 is 34.2 Å². The predicted octanol–water partition coefficient (Wildman–Crippen LogP) is 6.56. The molecule has 4 rings (SSSR count). The van der Waals surface area contributed by atoms with Crippen LogP contribution in [0.2, 0.25) is 5.02 Å². The lowest BCUT2D eigenvalue weighted by molar-refractivity contribution is -0.137. The van der Waals surface area contributed by atoms with Crippen LogP contribution in [0, 0.1) is 0 Å². The summed E-state index contributed by atoms with van der Waals surface area (Å²) in [4.78, 5) is 26.3. The quantitative estimate of drug-likeness (QED) is 0.282. The lowest BCUT2D eigenvalue weighted by Crippen LogP contribution is -2.32. The standard InChI is InChI=1S/C27H21ClF3NO6/c1-14(26(34)32-19-7-5-4-6-18(19)27(29,30)31)37-25-23(33)17-13-16(28)9-11-20(17)38-24(25)15-8-10-21(35-2)22(12-15)36-3/h4-14H,1-3H3,(H,32,34). The molecule has 1 aromatic heterocycles. The molecule has 0 saturated heterocycles. The Morgan fingerprint density at radius 3 is 2.39 bits per heavy atom. The van der Waals surface area contributed by atoms with Gasteiger partial charge in [-0.15, -0.1) is 0 Å². The number of nitrogens with one attached hydrogen (secondary N) is 1. The molecule has 3 aromatic carbocycles. The number of halogens is 4. The first-order chi connectivity index (χ1) is 18.0. The first kappa shape index (κ1) is 26.9. The molecule has 0 radical (unpaired) electrons. The van der Waals surface area contributed by atoms with Gasteiger partial charge in [0.05, 0.1) is 30.9 Å². The number of hydrogen-bond donors (Lipinski definition) is 1. The molecule has 0 saturated carbocycles. The topological polar surface area (TPSA) is 87.0 Å². The van der Waals surface area contributed by atoms with Gasteiger partial charge in [0.15, 0.2) is 23.4 Å². The van der Waals surface area contributed by atoms with E-state index < -0.39 is 34.9 Å².